The topological polar surface area (TPSA) is 80.8 Å². The first-order valence-corrected chi connectivity index (χ1v) is 17.1. The van der Waals surface area contributed by atoms with Crippen molar-refractivity contribution in [1.82, 2.24) is 0 Å². The largest absolute Gasteiger partial charge is 0.344 e. The van der Waals surface area contributed by atoms with E-state index < -0.39 is 22.2 Å². The zero-order valence-corrected chi connectivity index (χ0v) is 27.7. The van der Waals surface area contributed by atoms with Crippen molar-refractivity contribution in [3.8, 4) is 0 Å². The number of halogens is 1. The van der Waals surface area contributed by atoms with Gasteiger partial charge in [0, 0.05) is 52.5 Å². The van der Waals surface area contributed by atoms with Gasteiger partial charge < -0.3 is 14.0 Å². The molecule has 2 aliphatic heterocycles. The van der Waals surface area contributed by atoms with Crippen molar-refractivity contribution < 1.29 is 22.1 Å². The Morgan fingerprint density at radius 1 is 0.929 bits per heavy atom. The lowest BCUT2D eigenvalue weighted by Crippen LogP contribution is -2.28. The number of rotatable bonds is 11. The van der Waals surface area contributed by atoms with E-state index in [-0.39, 0.29) is 10.8 Å². The van der Waals surface area contributed by atoms with E-state index in [4.69, 9.17) is 11.6 Å². The van der Waals surface area contributed by atoms with E-state index in [9.17, 15) is 17.5 Å². The Morgan fingerprint density at radius 2 is 1.55 bits per heavy atom. The van der Waals surface area contributed by atoms with Gasteiger partial charge in [-0.2, -0.15) is 4.58 Å². The first kappa shape index (κ1) is 32.6. The van der Waals surface area contributed by atoms with Crippen LogP contribution < -0.4 is 4.90 Å². The van der Waals surface area contributed by atoms with Crippen LogP contribution in [0.5, 0.6) is 0 Å². The van der Waals surface area contributed by atoms with E-state index in [2.05, 4.69) is 63.2 Å². The maximum atomic E-state index is 11.8. The lowest BCUT2D eigenvalue weighted by atomic mass is 9.81. The zero-order chi connectivity index (χ0) is 30.8. The molecule has 2 atom stereocenters. The van der Waals surface area contributed by atoms with Crippen molar-refractivity contribution >= 4 is 50.8 Å². The molecule has 226 valence electrons. The zero-order valence-electron chi connectivity index (χ0n) is 25.3. The number of allylic oxidation sites excluding steroid dienone is 6. The highest BCUT2D eigenvalue weighted by Gasteiger charge is 2.44. The van der Waals surface area contributed by atoms with Crippen LogP contribution in [0.25, 0.3) is 0 Å². The fourth-order valence-electron chi connectivity index (χ4n) is 6.01. The Labute approximate surface area is 260 Å². The molecule has 0 aliphatic carbocycles. The molecule has 0 amide bonds. The van der Waals surface area contributed by atoms with Gasteiger partial charge in [0.1, 0.15) is 6.54 Å². The predicted molar refractivity (Wildman–Crippen MR) is 175 cm³/mol. The van der Waals surface area contributed by atoms with Gasteiger partial charge in [-0.05, 0) is 74.4 Å². The quantitative estimate of drug-likeness (QED) is 0.149. The van der Waals surface area contributed by atoms with E-state index in [1.165, 1.54) is 0 Å². The Balaban J connectivity index is 1.71. The van der Waals surface area contributed by atoms with Gasteiger partial charge in [0.05, 0.1) is 15.2 Å². The fraction of sp³-hybridized carbons (Fsp3) is 0.424. The van der Waals surface area contributed by atoms with Gasteiger partial charge in [-0.3, -0.25) is 0 Å². The summed E-state index contributed by atoms with van der Waals surface area (Å²) in [6, 6.07) is 11.0. The van der Waals surface area contributed by atoms with Gasteiger partial charge in [-0.25, -0.2) is 8.42 Å². The van der Waals surface area contributed by atoms with Gasteiger partial charge in [-0.15, -0.1) is 0 Å². The van der Waals surface area contributed by atoms with Crippen LogP contribution in [-0.4, -0.2) is 40.9 Å². The van der Waals surface area contributed by atoms with Crippen LogP contribution in [0.1, 0.15) is 78.4 Å². The maximum absolute atomic E-state index is 11.8. The highest BCUT2D eigenvalue weighted by atomic mass is 35.5. The summed E-state index contributed by atoms with van der Waals surface area (Å²) in [5.74, 6) is 0. The van der Waals surface area contributed by atoms with Crippen molar-refractivity contribution in [1.29, 1.82) is 0 Å². The normalized spacial score (nSPS) is 20.0. The summed E-state index contributed by atoms with van der Waals surface area (Å²) in [6.07, 6.45) is 12.1. The van der Waals surface area contributed by atoms with Crippen LogP contribution in [0.3, 0.4) is 0 Å². The van der Waals surface area contributed by atoms with Crippen molar-refractivity contribution in [2.24, 2.45) is 0 Å². The minimum Gasteiger partial charge on any atom is -0.344 e. The lowest BCUT2D eigenvalue weighted by Gasteiger charge is -2.27. The first-order valence-electron chi connectivity index (χ1n) is 14.5. The number of fused-ring (bicyclic) bond motifs is 2. The summed E-state index contributed by atoms with van der Waals surface area (Å²) in [4.78, 5) is 3.10. The van der Waals surface area contributed by atoms with Crippen LogP contribution >= 0.6 is 11.6 Å². The molecular formula is C33H42ClN2O4S2+. The Kier molecular flexibility index (Phi) is 10.2. The monoisotopic (exact) mass is 629 g/mol. The molecule has 0 aromatic heterocycles. The van der Waals surface area contributed by atoms with Gasteiger partial charge in [0.25, 0.3) is 0 Å². The van der Waals surface area contributed by atoms with Crippen molar-refractivity contribution in [2.75, 3.05) is 18.0 Å². The summed E-state index contributed by atoms with van der Waals surface area (Å²) in [6.45, 7) is 14.6. The lowest BCUT2D eigenvalue weighted by molar-refractivity contribution is -0.438. The minimum atomic E-state index is -2.04. The van der Waals surface area contributed by atoms with Crippen molar-refractivity contribution in [3.63, 3.8) is 0 Å². The molecule has 2 heterocycles. The van der Waals surface area contributed by atoms with Gasteiger partial charge in [-0.1, -0.05) is 52.1 Å². The number of anilines is 1. The predicted octanol–water partition coefficient (Wildman–Crippen LogP) is 8.18. The number of hydrogen-bond acceptors (Lipinski definition) is 3. The van der Waals surface area contributed by atoms with Crippen LogP contribution in [-0.2, 0) is 33.0 Å². The fourth-order valence-corrected chi connectivity index (χ4v) is 6.95. The summed E-state index contributed by atoms with van der Waals surface area (Å²) in [5, 5.41) is 0.577. The van der Waals surface area contributed by atoms with Crippen LogP contribution in [0.15, 0.2) is 81.2 Å². The number of benzene rings is 2. The summed E-state index contributed by atoms with van der Waals surface area (Å²) < 4.78 is 45.3. The molecule has 2 unspecified atom stereocenters. The minimum absolute atomic E-state index is 0.374. The average molecular weight is 630 g/mol. The maximum Gasteiger partial charge on any atom is 0.209 e. The molecule has 0 bridgehead atoms. The second-order valence-electron chi connectivity index (χ2n) is 11.9. The summed E-state index contributed by atoms with van der Waals surface area (Å²) >= 11 is 2.73. The second kappa shape index (κ2) is 13.1. The first-order chi connectivity index (χ1) is 19.8. The van der Waals surface area contributed by atoms with Gasteiger partial charge >= 0.3 is 0 Å². The van der Waals surface area contributed by atoms with Crippen LogP contribution in [0.2, 0.25) is 0 Å². The molecule has 0 saturated carbocycles. The molecule has 0 radical (unpaired) electrons. The number of nitrogens with zero attached hydrogens (tertiary/aromatic N) is 2. The summed E-state index contributed by atoms with van der Waals surface area (Å²) in [7, 11) is 0. The molecule has 2 aliphatic rings. The third-order valence-corrected chi connectivity index (χ3v) is 9.97. The Morgan fingerprint density at radius 3 is 2.17 bits per heavy atom. The second-order valence-corrected chi connectivity index (χ2v) is 14.3. The average Bonchev–Trinajstić information content (AvgIpc) is 3.29. The molecule has 0 saturated heterocycles. The molecule has 0 spiro atoms. The molecule has 2 N–H and O–H groups in total. The molecular weight excluding hydrogens is 588 g/mol. The van der Waals surface area contributed by atoms with Gasteiger partial charge in [0.15, 0.2) is 27.9 Å². The smallest absolute Gasteiger partial charge is 0.209 e. The molecule has 2 aromatic carbocycles. The Bertz CT molecular complexity index is 1540. The number of hydrogen-bond donors (Lipinski definition) is 2. The van der Waals surface area contributed by atoms with E-state index in [0.29, 0.717) is 14.8 Å². The van der Waals surface area contributed by atoms with Crippen LogP contribution in [0.4, 0.5) is 11.4 Å². The summed E-state index contributed by atoms with van der Waals surface area (Å²) in [5.41, 5.74) is 5.61. The van der Waals surface area contributed by atoms with E-state index in [1.54, 1.807) is 12.1 Å². The highest BCUT2D eigenvalue weighted by molar-refractivity contribution is 7.79. The standard InChI is InChI=1S/C33H41ClN2O4S2/c1-7-9-19-35-28-15-13-24(41(37)38)21-26(28)32(3,4)30(35)17-11-23(34)12-18-31-33(5,6)27-22-25(42(39)40)14-16-29(27)36(31)20-10-8-2/h11-18,21-22H,7-10,19-20H2,1-6H3,(H-,37,38,39,40)/p+1. The molecule has 42 heavy (non-hydrogen) atoms. The SMILES string of the molecule is CCCCN1/C(=C/C=C(Cl)/C=C/C2=[N+](CCCC)c3ccc(S(=O)O)cc3C2(C)C)C(C)(C)c2cc(S(=O)O)ccc21. The van der Waals surface area contributed by atoms with Crippen molar-refractivity contribution in [3.05, 3.63) is 82.6 Å². The third kappa shape index (κ3) is 6.29. The number of unbranched alkanes of at least 4 members (excludes halogenated alkanes) is 2. The molecule has 6 nitrogen and oxygen atoms in total. The molecule has 0 fully saturated rings. The highest BCUT2D eigenvalue weighted by Crippen LogP contribution is 2.48. The Hall–Kier alpha value is -2.36. The molecule has 9 heteroatoms. The molecule has 2 aromatic rings. The van der Waals surface area contributed by atoms with E-state index in [0.717, 1.165) is 72.7 Å². The van der Waals surface area contributed by atoms with E-state index >= 15 is 0 Å². The molecule has 4 rings (SSSR count). The van der Waals surface area contributed by atoms with Crippen LogP contribution in [0, 0.1) is 0 Å². The van der Waals surface area contributed by atoms with Crippen molar-refractivity contribution in [2.45, 2.75) is 87.8 Å². The van der Waals surface area contributed by atoms with E-state index in [1.807, 2.05) is 36.4 Å². The third-order valence-electron chi connectivity index (χ3n) is 8.40. The van der Waals surface area contributed by atoms with Gasteiger partial charge in [0.2, 0.25) is 5.69 Å².